The van der Waals surface area contributed by atoms with Crippen molar-refractivity contribution in [3.8, 4) is 0 Å². The molecule has 0 aromatic heterocycles. The number of carbonyl (C=O) groups excluding carboxylic acids is 1. The van der Waals surface area contributed by atoms with Gasteiger partial charge in [-0.05, 0) is 37.5 Å². The molecule has 0 heterocycles. The first-order chi connectivity index (χ1) is 7.56. The van der Waals surface area contributed by atoms with Gasteiger partial charge in [0.05, 0.1) is 19.1 Å². The van der Waals surface area contributed by atoms with Crippen LogP contribution in [0.3, 0.4) is 0 Å². The number of carbonyl (C=O) groups is 1. The molecule has 0 radical (unpaired) electrons. The Morgan fingerprint density at radius 2 is 1.94 bits per heavy atom. The van der Waals surface area contributed by atoms with Crippen LogP contribution >= 0.6 is 0 Å². The largest absolute Gasteiger partial charge is 0.466 e. The van der Waals surface area contributed by atoms with Crippen LogP contribution < -0.4 is 0 Å². The van der Waals surface area contributed by atoms with E-state index in [0.717, 1.165) is 16.7 Å². The van der Waals surface area contributed by atoms with Crippen LogP contribution in [-0.4, -0.2) is 17.7 Å². The lowest BCUT2D eigenvalue weighted by Gasteiger charge is -2.15. The topological polar surface area (TPSA) is 46.5 Å². The zero-order valence-corrected chi connectivity index (χ0v) is 9.99. The van der Waals surface area contributed by atoms with Gasteiger partial charge in [-0.3, -0.25) is 4.79 Å². The molecular formula is C13H18O3. The SMILES string of the molecule is CCOC(=O)CC(O)c1c(C)cccc1C. The van der Waals surface area contributed by atoms with E-state index in [1.54, 1.807) is 6.92 Å². The predicted molar refractivity (Wildman–Crippen MR) is 62.1 cm³/mol. The van der Waals surface area contributed by atoms with Gasteiger partial charge in [0.2, 0.25) is 0 Å². The Kier molecular flexibility index (Phi) is 4.50. The van der Waals surface area contributed by atoms with Gasteiger partial charge in [-0.1, -0.05) is 18.2 Å². The van der Waals surface area contributed by atoms with Crippen LogP contribution in [0.5, 0.6) is 0 Å². The molecule has 0 amide bonds. The van der Waals surface area contributed by atoms with Crippen LogP contribution in [-0.2, 0) is 9.53 Å². The van der Waals surface area contributed by atoms with Crippen LogP contribution in [0.1, 0.15) is 36.1 Å². The third-order valence-corrected chi connectivity index (χ3v) is 2.54. The normalized spacial score (nSPS) is 12.2. The van der Waals surface area contributed by atoms with Gasteiger partial charge in [0.15, 0.2) is 0 Å². The van der Waals surface area contributed by atoms with E-state index in [2.05, 4.69) is 0 Å². The molecule has 0 bridgehead atoms. The molecule has 0 aliphatic heterocycles. The van der Waals surface area contributed by atoms with Gasteiger partial charge in [-0.2, -0.15) is 0 Å². The van der Waals surface area contributed by atoms with Gasteiger partial charge in [0.1, 0.15) is 0 Å². The molecule has 88 valence electrons. The first kappa shape index (κ1) is 12.7. The lowest BCUT2D eigenvalue weighted by atomic mass is 9.96. The van der Waals surface area contributed by atoms with Gasteiger partial charge in [0.25, 0.3) is 0 Å². The lowest BCUT2D eigenvalue weighted by molar-refractivity contribution is -0.145. The minimum Gasteiger partial charge on any atom is -0.466 e. The smallest absolute Gasteiger partial charge is 0.308 e. The quantitative estimate of drug-likeness (QED) is 0.795. The number of aliphatic hydroxyl groups is 1. The van der Waals surface area contributed by atoms with Crippen molar-refractivity contribution < 1.29 is 14.6 Å². The van der Waals surface area contributed by atoms with E-state index in [1.165, 1.54) is 0 Å². The summed E-state index contributed by atoms with van der Waals surface area (Å²) in [6, 6.07) is 5.79. The maximum atomic E-state index is 11.3. The molecule has 16 heavy (non-hydrogen) atoms. The van der Waals surface area contributed by atoms with Gasteiger partial charge in [-0.15, -0.1) is 0 Å². The number of ether oxygens (including phenoxy) is 1. The average molecular weight is 222 g/mol. The first-order valence-electron chi connectivity index (χ1n) is 5.46. The predicted octanol–water partition coefficient (Wildman–Crippen LogP) is 2.29. The molecule has 3 nitrogen and oxygen atoms in total. The number of benzene rings is 1. The standard InChI is InChI=1S/C13H18O3/c1-4-16-12(15)8-11(14)13-9(2)6-5-7-10(13)3/h5-7,11,14H,4,8H2,1-3H3. The molecule has 0 spiro atoms. The Balaban J connectivity index is 2.80. The van der Waals surface area contributed by atoms with Crippen LogP contribution in [0.2, 0.25) is 0 Å². The first-order valence-corrected chi connectivity index (χ1v) is 5.46. The highest BCUT2D eigenvalue weighted by Crippen LogP contribution is 2.24. The summed E-state index contributed by atoms with van der Waals surface area (Å²) < 4.78 is 4.81. The van der Waals surface area contributed by atoms with Crippen molar-refractivity contribution in [3.05, 3.63) is 34.9 Å². The van der Waals surface area contributed by atoms with E-state index in [0.29, 0.717) is 6.61 Å². The highest BCUT2D eigenvalue weighted by Gasteiger charge is 2.17. The summed E-state index contributed by atoms with van der Waals surface area (Å²) in [4.78, 5) is 11.3. The summed E-state index contributed by atoms with van der Waals surface area (Å²) in [6.45, 7) is 5.95. The number of hydrogen-bond donors (Lipinski definition) is 1. The molecule has 1 unspecified atom stereocenters. The summed E-state index contributed by atoms with van der Waals surface area (Å²) >= 11 is 0. The summed E-state index contributed by atoms with van der Waals surface area (Å²) in [7, 11) is 0. The monoisotopic (exact) mass is 222 g/mol. The average Bonchev–Trinajstić information content (AvgIpc) is 2.17. The van der Waals surface area contributed by atoms with Crippen molar-refractivity contribution in [1.29, 1.82) is 0 Å². The number of aryl methyl sites for hydroxylation is 2. The molecule has 0 saturated carbocycles. The van der Waals surface area contributed by atoms with Crippen LogP contribution in [0.25, 0.3) is 0 Å². The van der Waals surface area contributed by atoms with Crippen molar-refractivity contribution in [2.24, 2.45) is 0 Å². The number of esters is 1. The van der Waals surface area contributed by atoms with Crippen molar-refractivity contribution >= 4 is 5.97 Å². The maximum Gasteiger partial charge on any atom is 0.308 e. The summed E-state index contributed by atoms with van der Waals surface area (Å²) in [5.74, 6) is -0.363. The van der Waals surface area contributed by atoms with E-state index in [9.17, 15) is 9.90 Å². The second-order valence-electron chi connectivity index (χ2n) is 3.83. The van der Waals surface area contributed by atoms with Crippen LogP contribution in [0, 0.1) is 13.8 Å². The highest BCUT2D eigenvalue weighted by molar-refractivity contribution is 5.70. The van der Waals surface area contributed by atoms with Crippen molar-refractivity contribution in [2.75, 3.05) is 6.61 Å². The molecule has 1 N–H and O–H groups in total. The maximum absolute atomic E-state index is 11.3. The van der Waals surface area contributed by atoms with Crippen LogP contribution in [0.15, 0.2) is 18.2 Å². The lowest BCUT2D eigenvalue weighted by Crippen LogP contribution is -2.11. The Hall–Kier alpha value is -1.35. The Bertz CT molecular complexity index is 351. The molecule has 3 heteroatoms. The minimum atomic E-state index is -0.778. The van der Waals surface area contributed by atoms with E-state index >= 15 is 0 Å². The molecule has 0 fully saturated rings. The summed E-state index contributed by atoms with van der Waals surface area (Å²) in [5, 5.41) is 9.98. The van der Waals surface area contributed by atoms with Gasteiger partial charge in [-0.25, -0.2) is 0 Å². The van der Waals surface area contributed by atoms with E-state index in [-0.39, 0.29) is 12.4 Å². The summed E-state index contributed by atoms with van der Waals surface area (Å²) in [5.41, 5.74) is 2.82. The Morgan fingerprint density at radius 1 is 1.38 bits per heavy atom. The van der Waals surface area contributed by atoms with Gasteiger partial charge < -0.3 is 9.84 Å². The molecule has 0 aliphatic carbocycles. The molecule has 1 atom stereocenters. The Labute approximate surface area is 96.1 Å². The molecule has 1 rings (SSSR count). The third kappa shape index (κ3) is 3.07. The van der Waals surface area contributed by atoms with Crippen molar-refractivity contribution in [3.63, 3.8) is 0 Å². The van der Waals surface area contributed by atoms with Gasteiger partial charge >= 0.3 is 5.97 Å². The minimum absolute atomic E-state index is 0.0134. The van der Waals surface area contributed by atoms with E-state index < -0.39 is 6.10 Å². The zero-order valence-electron chi connectivity index (χ0n) is 9.99. The van der Waals surface area contributed by atoms with Crippen molar-refractivity contribution in [2.45, 2.75) is 33.3 Å². The fourth-order valence-electron chi connectivity index (χ4n) is 1.83. The number of hydrogen-bond acceptors (Lipinski definition) is 3. The molecular weight excluding hydrogens is 204 g/mol. The number of aliphatic hydroxyl groups excluding tert-OH is 1. The molecule has 0 aliphatic rings. The fraction of sp³-hybridized carbons (Fsp3) is 0.462. The summed E-state index contributed by atoms with van der Waals surface area (Å²) in [6.07, 6.45) is -0.764. The third-order valence-electron chi connectivity index (χ3n) is 2.54. The second-order valence-corrected chi connectivity index (χ2v) is 3.83. The molecule has 0 saturated heterocycles. The fourth-order valence-corrected chi connectivity index (χ4v) is 1.83. The zero-order chi connectivity index (χ0) is 12.1. The molecule has 1 aromatic carbocycles. The molecule has 1 aromatic rings. The van der Waals surface area contributed by atoms with E-state index in [4.69, 9.17) is 4.74 Å². The van der Waals surface area contributed by atoms with Gasteiger partial charge in [0, 0.05) is 0 Å². The highest BCUT2D eigenvalue weighted by atomic mass is 16.5. The van der Waals surface area contributed by atoms with Crippen LogP contribution in [0.4, 0.5) is 0 Å². The van der Waals surface area contributed by atoms with E-state index in [1.807, 2.05) is 32.0 Å². The number of rotatable bonds is 4. The Morgan fingerprint density at radius 3 is 2.44 bits per heavy atom. The second kappa shape index (κ2) is 5.66. The van der Waals surface area contributed by atoms with Crippen molar-refractivity contribution in [1.82, 2.24) is 0 Å².